The number of Topliss-reactive ketones (excluding diaryl/α,β-unsaturated/α-hetero) is 1. The normalized spacial score (nSPS) is 16.9. The van der Waals surface area contributed by atoms with E-state index in [0.29, 0.717) is 21.6 Å². The van der Waals surface area contributed by atoms with Gasteiger partial charge in [-0.1, -0.05) is 49.4 Å². The number of aryl methyl sites for hydroxylation is 1. The number of aliphatic hydroxyl groups is 1. The second-order valence-electron chi connectivity index (χ2n) is 7.07. The summed E-state index contributed by atoms with van der Waals surface area (Å²) in [7, 11) is 0. The Kier molecular flexibility index (Phi) is 4.79. The summed E-state index contributed by atoms with van der Waals surface area (Å²) in [6.07, 6.45) is 1.37. The van der Waals surface area contributed by atoms with Gasteiger partial charge >= 0.3 is 0 Å². The monoisotopic (exact) mass is 409 g/mol. The zero-order chi connectivity index (χ0) is 20.7. The molecule has 8 heteroatoms. The number of aliphatic hydroxyl groups excluding tert-OH is 1. The van der Waals surface area contributed by atoms with Gasteiger partial charge < -0.3 is 9.52 Å². The van der Waals surface area contributed by atoms with E-state index in [2.05, 4.69) is 24.0 Å². The number of aromatic nitrogens is 2. The van der Waals surface area contributed by atoms with Crippen LogP contribution in [0.5, 0.6) is 0 Å². The third-order valence-electron chi connectivity index (χ3n) is 4.84. The largest absolute Gasteiger partial charge is 0.503 e. The quantitative estimate of drug-likeness (QED) is 0.630. The molecule has 0 fully saturated rings. The van der Waals surface area contributed by atoms with Crippen molar-refractivity contribution in [1.82, 2.24) is 10.2 Å². The highest BCUT2D eigenvalue weighted by molar-refractivity contribution is 7.15. The highest BCUT2D eigenvalue weighted by Gasteiger charge is 2.46. The minimum absolute atomic E-state index is 0.0323. The first-order valence-electron chi connectivity index (χ1n) is 9.13. The van der Waals surface area contributed by atoms with Gasteiger partial charge in [0.15, 0.2) is 11.5 Å². The van der Waals surface area contributed by atoms with Crippen molar-refractivity contribution in [3.63, 3.8) is 0 Å². The number of nitrogens with zero attached hydrogens (tertiary/aromatic N) is 3. The Bertz CT molecular complexity index is 1100. The molecule has 4 rings (SSSR count). The van der Waals surface area contributed by atoms with E-state index in [0.717, 1.165) is 5.56 Å². The van der Waals surface area contributed by atoms with Gasteiger partial charge in [-0.25, -0.2) is 0 Å². The van der Waals surface area contributed by atoms with Crippen LogP contribution in [0.25, 0.3) is 0 Å². The molecule has 148 valence electrons. The summed E-state index contributed by atoms with van der Waals surface area (Å²) in [5.74, 6) is -1.43. The van der Waals surface area contributed by atoms with E-state index in [1.54, 1.807) is 13.0 Å². The molecule has 1 aliphatic rings. The Hall–Kier alpha value is -3.26. The molecule has 1 aliphatic heterocycles. The van der Waals surface area contributed by atoms with Gasteiger partial charge in [0.25, 0.3) is 5.91 Å². The maximum Gasteiger partial charge on any atom is 0.296 e. The molecular formula is C21H19N3O4S. The molecule has 0 radical (unpaired) electrons. The van der Waals surface area contributed by atoms with Crippen molar-refractivity contribution >= 4 is 28.2 Å². The van der Waals surface area contributed by atoms with Crippen molar-refractivity contribution in [3.8, 4) is 0 Å². The zero-order valence-electron chi connectivity index (χ0n) is 16.1. The highest BCUT2D eigenvalue weighted by atomic mass is 32.1. The van der Waals surface area contributed by atoms with Crippen LogP contribution in [0.3, 0.4) is 0 Å². The molecule has 0 spiro atoms. The fraction of sp³-hybridized carbons (Fsp3) is 0.238. The Morgan fingerprint density at radius 2 is 1.93 bits per heavy atom. The van der Waals surface area contributed by atoms with E-state index in [1.165, 1.54) is 28.6 Å². The molecule has 1 atom stereocenters. The topological polar surface area (TPSA) is 96.5 Å². The summed E-state index contributed by atoms with van der Waals surface area (Å²) in [6, 6.07) is 9.90. The molecule has 0 saturated heterocycles. The molecule has 0 saturated carbocycles. The lowest BCUT2D eigenvalue weighted by molar-refractivity contribution is -0.117. The van der Waals surface area contributed by atoms with Crippen molar-refractivity contribution in [2.75, 3.05) is 4.90 Å². The number of carbonyl (C=O) groups is 2. The van der Waals surface area contributed by atoms with Crippen LogP contribution in [0, 0.1) is 6.92 Å². The van der Waals surface area contributed by atoms with Crippen molar-refractivity contribution in [1.29, 1.82) is 0 Å². The molecule has 3 heterocycles. The van der Waals surface area contributed by atoms with Gasteiger partial charge in [-0.2, -0.15) is 0 Å². The SMILES string of the molecule is Cc1nnc(N2C(=O)C(O)=C(C(=O)c3ccco3)[C@@H]2c2ccc(C(C)C)cc2)s1. The Morgan fingerprint density at radius 3 is 2.48 bits per heavy atom. The van der Waals surface area contributed by atoms with Gasteiger partial charge in [-0.3, -0.25) is 14.5 Å². The average molecular weight is 409 g/mol. The van der Waals surface area contributed by atoms with Crippen LogP contribution in [0.2, 0.25) is 0 Å². The van der Waals surface area contributed by atoms with E-state index in [9.17, 15) is 14.7 Å². The van der Waals surface area contributed by atoms with Crippen LogP contribution >= 0.6 is 11.3 Å². The lowest BCUT2D eigenvalue weighted by atomic mass is 9.93. The van der Waals surface area contributed by atoms with E-state index in [-0.39, 0.29) is 11.3 Å². The predicted molar refractivity (Wildman–Crippen MR) is 108 cm³/mol. The number of benzene rings is 1. The Labute approximate surface area is 171 Å². The molecule has 1 amide bonds. The van der Waals surface area contributed by atoms with Crippen LogP contribution in [-0.2, 0) is 4.79 Å². The van der Waals surface area contributed by atoms with Crippen molar-refractivity contribution in [2.24, 2.45) is 0 Å². The van der Waals surface area contributed by atoms with Gasteiger partial charge in [-0.15, -0.1) is 10.2 Å². The first kappa shape index (κ1) is 19.1. The van der Waals surface area contributed by atoms with Crippen molar-refractivity contribution in [2.45, 2.75) is 32.7 Å². The summed E-state index contributed by atoms with van der Waals surface area (Å²) >= 11 is 1.22. The average Bonchev–Trinajstić information content (AvgIpc) is 3.43. The second-order valence-corrected chi connectivity index (χ2v) is 8.23. The van der Waals surface area contributed by atoms with Gasteiger partial charge in [0, 0.05) is 0 Å². The molecule has 0 aliphatic carbocycles. The van der Waals surface area contributed by atoms with Crippen LogP contribution in [0.4, 0.5) is 5.13 Å². The number of carbonyl (C=O) groups excluding carboxylic acids is 2. The lowest BCUT2D eigenvalue weighted by Crippen LogP contribution is -2.31. The number of furan rings is 1. The van der Waals surface area contributed by atoms with Crippen molar-refractivity contribution in [3.05, 3.63) is 75.9 Å². The number of hydrogen-bond donors (Lipinski definition) is 1. The van der Waals surface area contributed by atoms with Gasteiger partial charge in [0.1, 0.15) is 5.01 Å². The van der Waals surface area contributed by atoms with E-state index in [4.69, 9.17) is 4.42 Å². The third-order valence-corrected chi connectivity index (χ3v) is 5.68. The minimum atomic E-state index is -0.825. The molecule has 2 aromatic heterocycles. The summed E-state index contributed by atoms with van der Waals surface area (Å²) in [4.78, 5) is 27.3. The summed E-state index contributed by atoms with van der Waals surface area (Å²) in [5, 5.41) is 19.7. The summed E-state index contributed by atoms with van der Waals surface area (Å²) < 4.78 is 5.22. The molecule has 0 bridgehead atoms. The second kappa shape index (κ2) is 7.29. The highest BCUT2D eigenvalue weighted by Crippen LogP contribution is 2.42. The standard InChI is InChI=1S/C21H19N3O4S/c1-11(2)13-6-8-14(9-7-13)17-16(18(25)15-5-4-10-28-15)19(26)20(27)24(17)21-23-22-12(3)29-21/h4-11,17,26H,1-3H3/t17-/m0/s1. The van der Waals surface area contributed by atoms with E-state index >= 15 is 0 Å². The number of anilines is 1. The van der Waals surface area contributed by atoms with Crippen LogP contribution < -0.4 is 4.90 Å². The molecule has 7 nitrogen and oxygen atoms in total. The smallest absolute Gasteiger partial charge is 0.296 e. The van der Waals surface area contributed by atoms with Crippen LogP contribution in [0.15, 0.2) is 58.4 Å². The number of rotatable bonds is 5. The third kappa shape index (κ3) is 3.25. The fourth-order valence-corrected chi connectivity index (χ4v) is 4.05. The predicted octanol–water partition coefficient (Wildman–Crippen LogP) is 4.35. The minimum Gasteiger partial charge on any atom is -0.503 e. The molecule has 0 unspecified atom stereocenters. The van der Waals surface area contributed by atoms with E-state index in [1.807, 2.05) is 24.3 Å². The molecule has 1 aromatic carbocycles. The first-order valence-corrected chi connectivity index (χ1v) is 9.95. The van der Waals surface area contributed by atoms with Crippen LogP contribution in [0.1, 0.15) is 52.5 Å². The lowest BCUT2D eigenvalue weighted by Gasteiger charge is -2.24. The maximum atomic E-state index is 13.1. The van der Waals surface area contributed by atoms with Gasteiger partial charge in [-0.05, 0) is 36.1 Å². The number of amides is 1. The first-order chi connectivity index (χ1) is 13.9. The van der Waals surface area contributed by atoms with Gasteiger partial charge in [0.2, 0.25) is 10.9 Å². The van der Waals surface area contributed by atoms with Crippen molar-refractivity contribution < 1.29 is 19.1 Å². The van der Waals surface area contributed by atoms with Gasteiger partial charge in [0.05, 0.1) is 17.9 Å². The Balaban J connectivity index is 1.85. The number of ketones is 1. The molecular weight excluding hydrogens is 390 g/mol. The summed E-state index contributed by atoms with van der Waals surface area (Å²) in [6.45, 7) is 5.94. The molecule has 1 N–H and O–H groups in total. The maximum absolute atomic E-state index is 13.1. The Morgan fingerprint density at radius 1 is 1.21 bits per heavy atom. The summed E-state index contributed by atoms with van der Waals surface area (Å²) in [5.41, 5.74) is 1.79. The van der Waals surface area contributed by atoms with E-state index < -0.39 is 23.5 Å². The number of hydrogen-bond acceptors (Lipinski definition) is 7. The fourth-order valence-electron chi connectivity index (χ4n) is 3.34. The molecule has 3 aromatic rings. The molecule has 29 heavy (non-hydrogen) atoms. The zero-order valence-corrected chi connectivity index (χ0v) is 16.9. The van der Waals surface area contributed by atoms with Crippen LogP contribution in [-0.4, -0.2) is 27.0 Å².